The van der Waals surface area contributed by atoms with Gasteiger partial charge < -0.3 is 16.4 Å². The lowest BCUT2D eigenvalue weighted by atomic mass is 10.1. The highest BCUT2D eigenvalue weighted by Crippen LogP contribution is 2.28. The number of carbonyl (C=O) groups excluding carboxylic acids is 2. The van der Waals surface area contributed by atoms with E-state index in [1.165, 1.54) is 23.1 Å². The van der Waals surface area contributed by atoms with Crippen molar-refractivity contribution in [2.75, 3.05) is 16.4 Å². The predicted molar refractivity (Wildman–Crippen MR) is 109 cm³/mol. The summed E-state index contributed by atoms with van der Waals surface area (Å²) in [4.78, 5) is 23.6. The Balaban J connectivity index is 1.56. The first-order chi connectivity index (χ1) is 13.0. The van der Waals surface area contributed by atoms with E-state index < -0.39 is 5.91 Å². The van der Waals surface area contributed by atoms with Crippen LogP contribution in [0, 0.1) is 6.92 Å². The molecular weight excluding hydrogens is 382 g/mol. The van der Waals surface area contributed by atoms with Crippen molar-refractivity contribution < 1.29 is 9.59 Å². The second kappa shape index (κ2) is 8.65. The van der Waals surface area contributed by atoms with Gasteiger partial charge in [0.05, 0.1) is 17.0 Å². The third-order valence-electron chi connectivity index (χ3n) is 3.59. The molecule has 0 unspecified atom stereocenters. The number of amides is 2. The average Bonchev–Trinajstić information content (AvgIpc) is 3.10. The van der Waals surface area contributed by atoms with Crippen LogP contribution in [0.5, 0.6) is 0 Å². The molecule has 0 aliphatic carbocycles. The Morgan fingerprint density at radius 2 is 1.78 bits per heavy atom. The normalized spacial score (nSPS) is 10.4. The number of benzene rings is 2. The summed E-state index contributed by atoms with van der Waals surface area (Å²) in [6, 6.07) is 14.5. The predicted octanol–water partition coefficient (Wildman–Crippen LogP) is 3.42. The maximum atomic E-state index is 12.2. The number of para-hydroxylation sites is 2. The fourth-order valence-corrected chi connectivity index (χ4v) is 3.83. The van der Waals surface area contributed by atoms with Crippen LogP contribution in [0.2, 0.25) is 0 Å². The van der Waals surface area contributed by atoms with E-state index in [1.807, 2.05) is 31.2 Å². The number of thioether (sulfide) groups is 1. The van der Waals surface area contributed by atoms with Crippen LogP contribution in [0.1, 0.15) is 15.9 Å². The highest BCUT2D eigenvalue weighted by molar-refractivity contribution is 8.01. The highest BCUT2D eigenvalue weighted by atomic mass is 32.2. The van der Waals surface area contributed by atoms with Crippen molar-refractivity contribution in [3.63, 3.8) is 0 Å². The topological polar surface area (TPSA) is 110 Å². The molecule has 1 aromatic heterocycles. The summed E-state index contributed by atoms with van der Waals surface area (Å²) >= 11 is 2.64. The summed E-state index contributed by atoms with van der Waals surface area (Å²) in [5, 5.41) is 14.8. The van der Waals surface area contributed by atoms with Crippen molar-refractivity contribution in [2.45, 2.75) is 11.3 Å². The molecule has 1 heterocycles. The number of aryl methyl sites for hydroxylation is 1. The quantitative estimate of drug-likeness (QED) is 0.525. The van der Waals surface area contributed by atoms with E-state index in [2.05, 4.69) is 20.8 Å². The number of rotatable bonds is 7. The van der Waals surface area contributed by atoms with Crippen LogP contribution in [0.15, 0.2) is 52.9 Å². The molecular formula is C18H17N5O2S2. The van der Waals surface area contributed by atoms with E-state index in [0.717, 1.165) is 11.3 Å². The minimum Gasteiger partial charge on any atom is -0.366 e. The molecule has 27 heavy (non-hydrogen) atoms. The van der Waals surface area contributed by atoms with Gasteiger partial charge in [-0.3, -0.25) is 9.59 Å². The van der Waals surface area contributed by atoms with E-state index in [0.29, 0.717) is 15.2 Å². The van der Waals surface area contributed by atoms with Crippen LogP contribution in [0.4, 0.5) is 16.5 Å². The average molecular weight is 400 g/mol. The Bertz CT molecular complexity index is 974. The van der Waals surface area contributed by atoms with Crippen LogP contribution >= 0.6 is 23.1 Å². The maximum Gasteiger partial charge on any atom is 0.250 e. The fourth-order valence-electron chi connectivity index (χ4n) is 2.27. The Morgan fingerprint density at radius 3 is 2.52 bits per heavy atom. The monoisotopic (exact) mass is 399 g/mol. The summed E-state index contributed by atoms with van der Waals surface area (Å²) in [6.45, 7) is 2.01. The second-order valence-electron chi connectivity index (χ2n) is 5.56. The molecule has 4 N–H and O–H groups in total. The molecule has 0 saturated carbocycles. The molecule has 0 aliphatic heterocycles. The number of nitrogens with two attached hydrogens (primary N) is 1. The van der Waals surface area contributed by atoms with Gasteiger partial charge in [0, 0.05) is 5.69 Å². The van der Waals surface area contributed by atoms with Crippen molar-refractivity contribution in [1.29, 1.82) is 0 Å². The summed E-state index contributed by atoms with van der Waals surface area (Å²) in [5.74, 6) is -0.696. The minimum absolute atomic E-state index is 0.145. The number of nitrogens with zero attached hydrogens (tertiary/aromatic N) is 2. The molecule has 9 heteroatoms. The van der Waals surface area contributed by atoms with Gasteiger partial charge in [-0.15, -0.1) is 10.2 Å². The van der Waals surface area contributed by atoms with E-state index in [4.69, 9.17) is 5.73 Å². The van der Waals surface area contributed by atoms with Gasteiger partial charge in [-0.2, -0.15) is 0 Å². The first-order valence-electron chi connectivity index (χ1n) is 8.00. The molecule has 0 atom stereocenters. The number of aromatic nitrogens is 2. The fraction of sp³-hybridized carbons (Fsp3) is 0.111. The van der Waals surface area contributed by atoms with Gasteiger partial charge in [0.2, 0.25) is 11.0 Å². The largest absolute Gasteiger partial charge is 0.366 e. The smallest absolute Gasteiger partial charge is 0.250 e. The SMILES string of the molecule is Cc1ccccc1Nc1nnc(SCC(=O)Nc2ccccc2C(N)=O)s1. The first-order valence-corrected chi connectivity index (χ1v) is 9.81. The number of nitrogens with one attached hydrogen (secondary N) is 2. The third-order valence-corrected chi connectivity index (χ3v) is 5.56. The molecule has 0 aliphatic rings. The van der Waals surface area contributed by atoms with E-state index in [1.54, 1.807) is 24.3 Å². The van der Waals surface area contributed by atoms with E-state index >= 15 is 0 Å². The first kappa shape index (κ1) is 18.9. The third kappa shape index (κ3) is 5.05. The maximum absolute atomic E-state index is 12.2. The van der Waals surface area contributed by atoms with Gasteiger partial charge in [-0.05, 0) is 30.7 Å². The molecule has 2 aromatic carbocycles. The zero-order chi connectivity index (χ0) is 19.2. The molecule has 7 nitrogen and oxygen atoms in total. The summed E-state index contributed by atoms with van der Waals surface area (Å²) in [7, 11) is 0. The number of carbonyl (C=O) groups is 2. The number of hydrogen-bond acceptors (Lipinski definition) is 7. The molecule has 0 fully saturated rings. The van der Waals surface area contributed by atoms with Gasteiger partial charge in [0.25, 0.3) is 5.91 Å². The standard InChI is InChI=1S/C18H17N5O2S2/c1-11-6-2-4-8-13(11)21-17-22-23-18(27-17)26-10-15(24)20-14-9-5-3-7-12(14)16(19)25/h2-9H,10H2,1H3,(H2,19,25)(H,20,24)(H,21,22). The van der Waals surface area contributed by atoms with Crippen molar-refractivity contribution in [3.05, 3.63) is 59.7 Å². The summed E-state index contributed by atoms with van der Waals surface area (Å²) in [5.41, 5.74) is 8.06. The Hall–Kier alpha value is -2.91. The van der Waals surface area contributed by atoms with Crippen LogP contribution in [-0.2, 0) is 4.79 Å². The highest BCUT2D eigenvalue weighted by Gasteiger charge is 2.12. The molecule has 138 valence electrons. The van der Waals surface area contributed by atoms with Crippen molar-refractivity contribution in [3.8, 4) is 0 Å². The Kier molecular flexibility index (Phi) is 6.05. The minimum atomic E-state index is -0.588. The summed E-state index contributed by atoms with van der Waals surface area (Å²) in [6.07, 6.45) is 0. The molecule has 0 saturated heterocycles. The van der Waals surface area contributed by atoms with Crippen molar-refractivity contribution in [2.24, 2.45) is 5.73 Å². The van der Waals surface area contributed by atoms with Gasteiger partial charge in [0.15, 0.2) is 4.34 Å². The van der Waals surface area contributed by atoms with Gasteiger partial charge in [-0.25, -0.2) is 0 Å². The molecule has 0 bridgehead atoms. The van der Waals surface area contributed by atoms with Gasteiger partial charge in [0.1, 0.15) is 0 Å². The Labute approximate surface area is 164 Å². The molecule has 2 amide bonds. The molecule has 0 spiro atoms. The lowest BCUT2D eigenvalue weighted by Crippen LogP contribution is -2.19. The van der Waals surface area contributed by atoms with Crippen molar-refractivity contribution in [1.82, 2.24) is 10.2 Å². The zero-order valence-electron chi connectivity index (χ0n) is 14.4. The zero-order valence-corrected chi connectivity index (χ0v) is 16.1. The number of hydrogen-bond donors (Lipinski definition) is 3. The van der Waals surface area contributed by atoms with E-state index in [-0.39, 0.29) is 17.2 Å². The van der Waals surface area contributed by atoms with Crippen LogP contribution in [0.25, 0.3) is 0 Å². The summed E-state index contributed by atoms with van der Waals surface area (Å²) < 4.78 is 0.671. The van der Waals surface area contributed by atoms with Crippen LogP contribution in [0.3, 0.4) is 0 Å². The molecule has 3 aromatic rings. The van der Waals surface area contributed by atoms with Crippen LogP contribution < -0.4 is 16.4 Å². The molecule has 3 rings (SSSR count). The van der Waals surface area contributed by atoms with E-state index in [9.17, 15) is 9.59 Å². The van der Waals surface area contributed by atoms with Gasteiger partial charge in [-0.1, -0.05) is 53.4 Å². The Morgan fingerprint density at radius 1 is 1.07 bits per heavy atom. The van der Waals surface area contributed by atoms with Crippen molar-refractivity contribution >= 4 is 51.4 Å². The second-order valence-corrected chi connectivity index (χ2v) is 7.76. The number of anilines is 3. The molecule has 0 radical (unpaired) electrons. The van der Waals surface area contributed by atoms with Crippen LogP contribution in [-0.4, -0.2) is 27.8 Å². The number of primary amides is 1. The van der Waals surface area contributed by atoms with Gasteiger partial charge >= 0.3 is 0 Å². The lowest BCUT2D eigenvalue weighted by molar-refractivity contribution is -0.113. The lowest BCUT2D eigenvalue weighted by Gasteiger charge is -2.07.